The molecule has 2 fully saturated rings. The highest BCUT2D eigenvalue weighted by atomic mass is 16.2. The van der Waals surface area contributed by atoms with Gasteiger partial charge in [0.15, 0.2) is 0 Å². The second-order valence-electron chi connectivity index (χ2n) is 10.3. The Kier molecular flexibility index (Phi) is 9.31. The van der Waals surface area contributed by atoms with E-state index in [1.165, 1.54) is 0 Å². The summed E-state index contributed by atoms with van der Waals surface area (Å²) in [7, 11) is 1.86. The van der Waals surface area contributed by atoms with Gasteiger partial charge in [-0.05, 0) is 62.1 Å². The number of piperazine rings is 1. The van der Waals surface area contributed by atoms with E-state index in [-0.39, 0.29) is 17.9 Å². The lowest BCUT2D eigenvalue weighted by Gasteiger charge is -2.35. The molecule has 4 rings (SSSR count). The molecule has 9 nitrogen and oxygen atoms in total. The number of rotatable bonds is 8. The van der Waals surface area contributed by atoms with E-state index in [2.05, 4.69) is 24.1 Å². The van der Waals surface area contributed by atoms with Crippen molar-refractivity contribution in [2.24, 2.45) is 13.0 Å². The van der Waals surface area contributed by atoms with Crippen molar-refractivity contribution in [3.05, 3.63) is 48.3 Å². The number of piperidine rings is 1. The molecule has 38 heavy (non-hydrogen) atoms. The van der Waals surface area contributed by atoms with Crippen LogP contribution in [0.5, 0.6) is 0 Å². The first-order chi connectivity index (χ1) is 18.4. The number of urea groups is 1. The summed E-state index contributed by atoms with van der Waals surface area (Å²) in [5, 5.41) is 2.99. The zero-order valence-corrected chi connectivity index (χ0v) is 23.1. The monoisotopic (exact) mass is 522 g/mol. The largest absolute Gasteiger partial charge is 0.371 e. The van der Waals surface area contributed by atoms with Gasteiger partial charge in [-0.1, -0.05) is 13.8 Å². The topological polar surface area (TPSA) is 81.1 Å². The molecular weight excluding hydrogens is 480 g/mol. The van der Waals surface area contributed by atoms with Crippen molar-refractivity contribution in [3.8, 4) is 0 Å². The third-order valence-electron chi connectivity index (χ3n) is 7.64. The SMILES string of the molecule is CCCN(CCC)C(=O)C1CCN(c2ccc(NC(=O)N3CCN(C(=O)c4cccn4C)CC3)cc2)CC1. The Morgan fingerprint density at radius 1 is 0.868 bits per heavy atom. The van der Waals surface area contributed by atoms with Crippen LogP contribution in [0.3, 0.4) is 0 Å². The molecule has 0 saturated carbocycles. The Bertz CT molecular complexity index is 1080. The van der Waals surface area contributed by atoms with Gasteiger partial charge in [-0.15, -0.1) is 0 Å². The summed E-state index contributed by atoms with van der Waals surface area (Å²) in [5.74, 6) is 0.434. The number of anilines is 2. The highest BCUT2D eigenvalue weighted by Crippen LogP contribution is 2.26. The molecule has 0 atom stereocenters. The molecule has 3 heterocycles. The van der Waals surface area contributed by atoms with Crippen LogP contribution in [-0.2, 0) is 11.8 Å². The molecule has 1 N–H and O–H groups in total. The molecule has 2 saturated heterocycles. The van der Waals surface area contributed by atoms with Crippen LogP contribution < -0.4 is 10.2 Å². The number of nitrogens with zero attached hydrogens (tertiary/aromatic N) is 5. The Morgan fingerprint density at radius 2 is 1.47 bits per heavy atom. The minimum atomic E-state index is -0.147. The molecule has 0 unspecified atom stereocenters. The van der Waals surface area contributed by atoms with Crippen LogP contribution >= 0.6 is 0 Å². The van der Waals surface area contributed by atoms with Gasteiger partial charge in [0.1, 0.15) is 5.69 Å². The summed E-state index contributed by atoms with van der Waals surface area (Å²) in [6.07, 6.45) is 5.61. The Labute approximate surface area is 226 Å². The molecule has 2 aromatic rings. The number of aryl methyl sites for hydroxylation is 1. The van der Waals surface area contributed by atoms with Crippen molar-refractivity contribution in [1.82, 2.24) is 19.3 Å². The highest BCUT2D eigenvalue weighted by Gasteiger charge is 2.29. The van der Waals surface area contributed by atoms with Crippen molar-refractivity contribution in [2.75, 3.05) is 62.6 Å². The van der Waals surface area contributed by atoms with E-state index in [0.717, 1.165) is 63.2 Å². The lowest BCUT2D eigenvalue weighted by Crippen LogP contribution is -2.51. The van der Waals surface area contributed by atoms with Crippen LogP contribution in [0.25, 0.3) is 0 Å². The second kappa shape index (κ2) is 12.8. The molecular formula is C29H42N6O3. The second-order valence-corrected chi connectivity index (χ2v) is 10.3. The molecule has 1 aromatic carbocycles. The number of nitrogens with one attached hydrogen (secondary N) is 1. The van der Waals surface area contributed by atoms with Crippen molar-refractivity contribution < 1.29 is 14.4 Å². The van der Waals surface area contributed by atoms with Crippen LogP contribution in [-0.4, -0.2) is 89.5 Å². The van der Waals surface area contributed by atoms with Crippen molar-refractivity contribution in [2.45, 2.75) is 39.5 Å². The summed E-state index contributed by atoms with van der Waals surface area (Å²) in [5.41, 5.74) is 2.52. The molecule has 0 bridgehead atoms. The maximum atomic E-state index is 13.0. The van der Waals surface area contributed by atoms with Crippen LogP contribution in [0.4, 0.5) is 16.2 Å². The molecule has 0 aliphatic carbocycles. The van der Waals surface area contributed by atoms with Gasteiger partial charge in [0.2, 0.25) is 5.91 Å². The molecule has 9 heteroatoms. The van der Waals surface area contributed by atoms with E-state index in [1.54, 1.807) is 9.80 Å². The van der Waals surface area contributed by atoms with E-state index in [1.807, 2.05) is 59.1 Å². The van der Waals surface area contributed by atoms with Gasteiger partial charge < -0.3 is 29.5 Å². The van der Waals surface area contributed by atoms with Gasteiger partial charge in [0.25, 0.3) is 5.91 Å². The maximum absolute atomic E-state index is 13.0. The predicted molar refractivity (Wildman–Crippen MR) is 150 cm³/mol. The van der Waals surface area contributed by atoms with E-state index in [9.17, 15) is 14.4 Å². The zero-order valence-electron chi connectivity index (χ0n) is 23.1. The molecule has 0 spiro atoms. The summed E-state index contributed by atoms with van der Waals surface area (Å²) in [4.78, 5) is 46.4. The predicted octanol–water partition coefficient (Wildman–Crippen LogP) is 3.88. The fourth-order valence-electron chi connectivity index (χ4n) is 5.43. The average Bonchev–Trinajstić information content (AvgIpc) is 3.38. The lowest BCUT2D eigenvalue weighted by molar-refractivity contribution is -0.136. The van der Waals surface area contributed by atoms with Gasteiger partial charge in [-0.2, -0.15) is 0 Å². The van der Waals surface area contributed by atoms with Gasteiger partial charge in [-0.25, -0.2) is 4.79 Å². The molecule has 2 aliphatic rings. The molecule has 0 radical (unpaired) electrons. The number of amides is 4. The standard InChI is InChI=1S/C29H42N6O3/c1-4-14-33(15-5-2)27(36)23-12-17-32(18-13-23)25-10-8-24(9-11-25)30-29(38)35-21-19-34(20-22-35)28(37)26-7-6-16-31(26)3/h6-11,16,23H,4-5,12-15,17-22H2,1-3H3,(H,30,38). The number of hydrogen-bond acceptors (Lipinski definition) is 4. The minimum absolute atomic E-state index is 0.000733. The number of carbonyl (C=O) groups excluding carboxylic acids is 3. The quantitative estimate of drug-likeness (QED) is 0.571. The fraction of sp³-hybridized carbons (Fsp3) is 0.552. The lowest BCUT2D eigenvalue weighted by atomic mass is 9.94. The fourth-order valence-corrected chi connectivity index (χ4v) is 5.43. The maximum Gasteiger partial charge on any atom is 0.321 e. The minimum Gasteiger partial charge on any atom is -0.371 e. The third kappa shape index (κ3) is 6.49. The molecule has 1 aromatic heterocycles. The van der Waals surface area contributed by atoms with E-state index >= 15 is 0 Å². The highest BCUT2D eigenvalue weighted by molar-refractivity contribution is 5.93. The van der Waals surface area contributed by atoms with Crippen molar-refractivity contribution >= 4 is 29.2 Å². The van der Waals surface area contributed by atoms with Crippen LogP contribution in [0, 0.1) is 5.92 Å². The molecule has 4 amide bonds. The first kappa shape index (κ1) is 27.5. The van der Waals surface area contributed by atoms with Gasteiger partial charge in [0, 0.05) is 82.9 Å². The average molecular weight is 523 g/mol. The Morgan fingerprint density at radius 3 is 2.03 bits per heavy atom. The van der Waals surface area contributed by atoms with Crippen LogP contribution in [0.2, 0.25) is 0 Å². The zero-order chi connectivity index (χ0) is 27.1. The first-order valence-electron chi connectivity index (χ1n) is 14.0. The van der Waals surface area contributed by atoms with Crippen LogP contribution in [0.1, 0.15) is 50.0 Å². The normalized spacial score (nSPS) is 16.4. The van der Waals surface area contributed by atoms with E-state index in [4.69, 9.17) is 0 Å². The van der Waals surface area contributed by atoms with Gasteiger partial charge in [0.05, 0.1) is 0 Å². The third-order valence-corrected chi connectivity index (χ3v) is 7.64. The summed E-state index contributed by atoms with van der Waals surface area (Å²) >= 11 is 0. The van der Waals surface area contributed by atoms with Crippen LogP contribution in [0.15, 0.2) is 42.6 Å². The number of carbonyl (C=O) groups is 3. The molecule has 206 valence electrons. The summed E-state index contributed by atoms with van der Waals surface area (Å²) in [6, 6.07) is 11.5. The summed E-state index contributed by atoms with van der Waals surface area (Å²) in [6.45, 7) is 9.71. The van der Waals surface area contributed by atoms with Crippen molar-refractivity contribution in [1.29, 1.82) is 0 Å². The number of aromatic nitrogens is 1. The Hall–Kier alpha value is -3.49. The Balaban J connectivity index is 1.23. The van der Waals surface area contributed by atoms with Crippen molar-refractivity contribution in [3.63, 3.8) is 0 Å². The molecule has 2 aliphatic heterocycles. The van der Waals surface area contributed by atoms with Gasteiger partial charge in [-0.3, -0.25) is 9.59 Å². The number of benzene rings is 1. The summed E-state index contributed by atoms with van der Waals surface area (Å²) < 4.78 is 1.82. The van der Waals surface area contributed by atoms with E-state index in [0.29, 0.717) is 37.8 Å². The first-order valence-corrected chi connectivity index (χ1v) is 14.0. The van der Waals surface area contributed by atoms with Gasteiger partial charge >= 0.3 is 6.03 Å². The number of hydrogen-bond donors (Lipinski definition) is 1. The van der Waals surface area contributed by atoms with E-state index < -0.39 is 0 Å². The smallest absolute Gasteiger partial charge is 0.321 e.